The SMILES string of the molecule is COc1ccc(/C=N/NC(=O)c2ccc(C(C)(F)F)cc2)c(O)c1. The number of phenols is 1. The summed E-state index contributed by atoms with van der Waals surface area (Å²) in [6.45, 7) is 0.785. The molecule has 0 aliphatic rings. The number of nitrogens with zero attached hydrogens (tertiary/aromatic N) is 1. The Labute approximate surface area is 137 Å². The molecule has 0 aliphatic carbocycles. The lowest BCUT2D eigenvalue weighted by atomic mass is 10.1. The number of carbonyl (C=O) groups excluding carboxylic acids is 1. The van der Waals surface area contributed by atoms with Crippen LogP contribution in [0.5, 0.6) is 11.5 Å². The van der Waals surface area contributed by atoms with Gasteiger partial charge in [0.25, 0.3) is 11.8 Å². The maximum Gasteiger partial charge on any atom is 0.271 e. The predicted molar refractivity (Wildman–Crippen MR) is 85.7 cm³/mol. The topological polar surface area (TPSA) is 70.9 Å². The summed E-state index contributed by atoms with van der Waals surface area (Å²) in [5.74, 6) is -3.08. The summed E-state index contributed by atoms with van der Waals surface area (Å²) in [7, 11) is 1.47. The minimum Gasteiger partial charge on any atom is -0.507 e. The number of aromatic hydroxyl groups is 1. The van der Waals surface area contributed by atoms with Crippen molar-refractivity contribution in [2.24, 2.45) is 5.10 Å². The van der Waals surface area contributed by atoms with E-state index in [9.17, 15) is 18.7 Å². The van der Waals surface area contributed by atoms with Crippen molar-refractivity contribution in [3.05, 3.63) is 59.2 Å². The number of phenolic OH excluding ortho intramolecular Hbond substituents is 1. The number of nitrogens with one attached hydrogen (secondary N) is 1. The number of halogens is 2. The van der Waals surface area contributed by atoms with Gasteiger partial charge in [-0.05, 0) is 24.3 Å². The maximum absolute atomic E-state index is 13.1. The Balaban J connectivity index is 2.02. The highest BCUT2D eigenvalue weighted by molar-refractivity contribution is 5.95. The standard InChI is InChI=1S/C17H16F2N2O3/c1-17(18,19)13-6-3-11(4-7-13)16(23)21-20-10-12-5-8-14(24-2)9-15(12)22/h3-10,22H,1-2H3,(H,21,23)/b20-10+. The van der Waals surface area contributed by atoms with E-state index < -0.39 is 11.8 Å². The van der Waals surface area contributed by atoms with Crippen LogP contribution < -0.4 is 10.2 Å². The summed E-state index contributed by atoms with van der Waals surface area (Å²) in [5.41, 5.74) is 2.67. The number of hydrazone groups is 1. The molecule has 0 fully saturated rings. The summed E-state index contributed by atoms with van der Waals surface area (Å²) in [6, 6.07) is 9.58. The first-order valence-electron chi connectivity index (χ1n) is 7.00. The molecule has 0 radical (unpaired) electrons. The van der Waals surface area contributed by atoms with Crippen LogP contribution in [0, 0.1) is 0 Å². The van der Waals surface area contributed by atoms with Crippen LogP contribution in [0.2, 0.25) is 0 Å². The highest BCUT2D eigenvalue weighted by Gasteiger charge is 2.24. The number of amides is 1. The van der Waals surface area contributed by atoms with Crippen LogP contribution in [0.25, 0.3) is 0 Å². The molecule has 2 rings (SSSR count). The smallest absolute Gasteiger partial charge is 0.271 e. The molecule has 5 nitrogen and oxygen atoms in total. The zero-order chi connectivity index (χ0) is 17.7. The van der Waals surface area contributed by atoms with Gasteiger partial charge in [0.15, 0.2) is 0 Å². The second-order valence-electron chi connectivity index (χ2n) is 5.09. The van der Waals surface area contributed by atoms with E-state index in [1.807, 2.05) is 0 Å². The van der Waals surface area contributed by atoms with Crippen molar-refractivity contribution in [3.8, 4) is 11.5 Å². The molecule has 2 aromatic carbocycles. The average molecular weight is 334 g/mol. The Bertz CT molecular complexity index is 753. The zero-order valence-corrected chi connectivity index (χ0v) is 13.1. The van der Waals surface area contributed by atoms with Gasteiger partial charge in [0.2, 0.25) is 0 Å². The molecule has 0 saturated heterocycles. The fourth-order valence-electron chi connectivity index (χ4n) is 1.90. The van der Waals surface area contributed by atoms with E-state index in [1.54, 1.807) is 12.1 Å². The van der Waals surface area contributed by atoms with E-state index in [0.717, 1.165) is 6.92 Å². The Hall–Kier alpha value is -2.96. The molecule has 0 spiro atoms. The van der Waals surface area contributed by atoms with Gasteiger partial charge in [-0.3, -0.25) is 4.79 Å². The molecule has 1 amide bonds. The van der Waals surface area contributed by atoms with E-state index in [0.29, 0.717) is 11.3 Å². The Morgan fingerprint density at radius 3 is 2.46 bits per heavy atom. The van der Waals surface area contributed by atoms with Gasteiger partial charge >= 0.3 is 0 Å². The lowest BCUT2D eigenvalue weighted by Crippen LogP contribution is -2.18. The highest BCUT2D eigenvalue weighted by atomic mass is 19.3. The molecule has 0 unspecified atom stereocenters. The van der Waals surface area contributed by atoms with Crippen molar-refractivity contribution in [1.82, 2.24) is 5.43 Å². The quantitative estimate of drug-likeness (QED) is 0.651. The molecule has 126 valence electrons. The van der Waals surface area contributed by atoms with Gasteiger partial charge in [-0.1, -0.05) is 12.1 Å². The number of carbonyl (C=O) groups is 1. The molecule has 2 N–H and O–H groups in total. The first-order chi connectivity index (χ1) is 11.3. The molecule has 24 heavy (non-hydrogen) atoms. The number of methoxy groups -OCH3 is 1. The van der Waals surface area contributed by atoms with E-state index in [-0.39, 0.29) is 16.9 Å². The Morgan fingerprint density at radius 1 is 1.25 bits per heavy atom. The molecule has 0 aliphatic heterocycles. The minimum absolute atomic E-state index is 0.0538. The molecule has 7 heteroatoms. The molecule has 0 heterocycles. The van der Waals surface area contributed by atoms with Crippen molar-refractivity contribution in [2.75, 3.05) is 7.11 Å². The van der Waals surface area contributed by atoms with Gasteiger partial charge in [0.05, 0.1) is 13.3 Å². The molecule has 0 bridgehead atoms. The third-order valence-electron chi connectivity index (χ3n) is 3.26. The van der Waals surface area contributed by atoms with Crippen molar-refractivity contribution < 1.29 is 23.4 Å². The number of benzene rings is 2. The fraction of sp³-hybridized carbons (Fsp3) is 0.176. The molecular formula is C17H16F2N2O3. The van der Waals surface area contributed by atoms with E-state index >= 15 is 0 Å². The summed E-state index contributed by atoms with van der Waals surface area (Å²) < 4.78 is 31.2. The number of rotatable bonds is 5. The van der Waals surface area contributed by atoms with Gasteiger partial charge in [0.1, 0.15) is 11.5 Å². The van der Waals surface area contributed by atoms with Crippen molar-refractivity contribution in [1.29, 1.82) is 0 Å². The van der Waals surface area contributed by atoms with Gasteiger partial charge in [0, 0.05) is 29.7 Å². The van der Waals surface area contributed by atoms with Gasteiger partial charge < -0.3 is 9.84 Å². The number of ether oxygens (including phenoxy) is 1. The summed E-state index contributed by atoms with van der Waals surface area (Å²) in [4.78, 5) is 11.9. The third kappa shape index (κ3) is 4.28. The normalized spacial score (nSPS) is 11.5. The molecule has 0 aromatic heterocycles. The number of hydrogen-bond acceptors (Lipinski definition) is 4. The first-order valence-corrected chi connectivity index (χ1v) is 7.00. The molecule has 0 saturated carbocycles. The third-order valence-corrected chi connectivity index (χ3v) is 3.26. The minimum atomic E-state index is -2.96. The van der Waals surface area contributed by atoms with E-state index in [4.69, 9.17) is 4.74 Å². The lowest BCUT2D eigenvalue weighted by molar-refractivity contribution is 0.0174. The zero-order valence-electron chi connectivity index (χ0n) is 13.1. The van der Waals surface area contributed by atoms with Crippen LogP contribution in [-0.4, -0.2) is 24.3 Å². The van der Waals surface area contributed by atoms with Crippen LogP contribution in [0.3, 0.4) is 0 Å². The van der Waals surface area contributed by atoms with Gasteiger partial charge in [-0.25, -0.2) is 14.2 Å². The van der Waals surface area contributed by atoms with Crippen LogP contribution in [0.4, 0.5) is 8.78 Å². The fourth-order valence-corrected chi connectivity index (χ4v) is 1.90. The second-order valence-corrected chi connectivity index (χ2v) is 5.09. The summed E-state index contributed by atoms with van der Waals surface area (Å²) in [5, 5.41) is 13.5. The lowest BCUT2D eigenvalue weighted by Gasteiger charge is -2.10. The Kier molecular flexibility index (Phi) is 5.13. The highest BCUT2D eigenvalue weighted by Crippen LogP contribution is 2.26. The first kappa shape index (κ1) is 17.4. The van der Waals surface area contributed by atoms with Gasteiger partial charge in [-0.2, -0.15) is 5.10 Å². The summed E-state index contributed by atoms with van der Waals surface area (Å²) >= 11 is 0. The van der Waals surface area contributed by atoms with Crippen LogP contribution in [-0.2, 0) is 5.92 Å². The van der Waals surface area contributed by atoms with E-state index in [2.05, 4.69) is 10.5 Å². The largest absolute Gasteiger partial charge is 0.507 e. The van der Waals surface area contributed by atoms with Crippen molar-refractivity contribution in [3.63, 3.8) is 0 Å². The van der Waals surface area contributed by atoms with Crippen LogP contribution in [0.15, 0.2) is 47.6 Å². The van der Waals surface area contributed by atoms with Crippen molar-refractivity contribution in [2.45, 2.75) is 12.8 Å². The average Bonchev–Trinajstić information content (AvgIpc) is 2.55. The van der Waals surface area contributed by atoms with Crippen molar-refractivity contribution >= 4 is 12.1 Å². The molecule has 0 atom stereocenters. The molecule has 2 aromatic rings. The number of alkyl halides is 2. The van der Waals surface area contributed by atoms with Gasteiger partial charge in [-0.15, -0.1) is 0 Å². The van der Waals surface area contributed by atoms with Crippen LogP contribution >= 0.6 is 0 Å². The predicted octanol–water partition coefficient (Wildman–Crippen LogP) is 3.28. The van der Waals surface area contributed by atoms with E-state index in [1.165, 1.54) is 43.7 Å². The second kappa shape index (κ2) is 7.08. The number of hydrogen-bond donors (Lipinski definition) is 2. The molecular weight excluding hydrogens is 318 g/mol. The van der Waals surface area contributed by atoms with Crippen LogP contribution in [0.1, 0.15) is 28.4 Å². The maximum atomic E-state index is 13.1. The summed E-state index contributed by atoms with van der Waals surface area (Å²) in [6.07, 6.45) is 1.27. The Morgan fingerprint density at radius 2 is 1.92 bits per heavy atom. The monoisotopic (exact) mass is 334 g/mol.